The number of rotatable bonds is 7. The first-order valence-electron chi connectivity index (χ1n) is 9.39. The number of alkyl halides is 3. The lowest BCUT2D eigenvalue weighted by Gasteiger charge is -2.21. The number of amides is 1. The van der Waals surface area contributed by atoms with Crippen LogP contribution in [0.4, 0.5) is 13.2 Å². The zero-order valence-electron chi connectivity index (χ0n) is 17.6. The smallest absolute Gasteiger partial charge is 0.416 e. The van der Waals surface area contributed by atoms with Gasteiger partial charge in [-0.2, -0.15) is 13.2 Å². The fourth-order valence-corrected chi connectivity index (χ4v) is 4.38. The number of hydrogen-bond acceptors (Lipinski definition) is 4. The van der Waals surface area contributed by atoms with E-state index in [1.807, 2.05) is 0 Å². The first kappa shape index (κ1) is 24.7. The predicted octanol–water partition coefficient (Wildman–Crippen LogP) is 3.76. The topological polar surface area (TPSA) is 84.5 Å². The number of nitrogens with one attached hydrogen (secondary N) is 2. The molecule has 0 fully saturated rings. The molecule has 0 aliphatic carbocycles. The van der Waals surface area contributed by atoms with E-state index in [1.54, 1.807) is 20.8 Å². The van der Waals surface area contributed by atoms with Crippen molar-refractivity contribution in [3.63, 3.8) is 0 Å². The third-order valence-corrected chi connectivity index (χ3v) is 5.92. The minimum atomic E-state index is -4.40. The molecule has 0 aromatic heterocycles. The lowest BCUT2D eigenvalue weighted by Crippen LogP contribution is -2.40. The van der Waals surface area contributed by atoms with Gasteiger partial charge in [0.15, 0.2) is 0 Å². The summed E-state index contributed by atoms with van der Waals surface area (Å²) in [5, 5.41) is 2.64. The Bertz CT molecular complexity index is 1030. The summed E-state index contributed by atoms with van der Waals surface area (Å²) in [7, 11) is -2.61. The van der Waals surface area contributed by atoms with Crippen molar-refractivity contribution in [3.8, 4) is 5.75 Å². The van der Waals surface area contributed by atoms with Gasteiger partial charge < -0.3 is 10.1 Å². The number of carbonyl (C=O) groups is 1. The summed E-state index contributed by atoms with van der Waals surface area (Å²) < 4.78 is 70.9. The number of halogens is 3. The Morgan fingerprint density at radius 1 is 1.03 bits per heavy atom. The monoisotopic (exact) mass is 458 g/mol. The number of hydrogen-bond donors (Lipinski definition) is 2. The summed E-state index contributed by atoms with van der Waals surface area (Å²) in [6.07, 6.45) is -4.09. The fourth-order valence-electron chi connectivity index (χ4n) is 2.77. The molecule has 2 N–H and O–H groups in total. The summed E-state index contributed by atoms with van der Waals surface area (Å²) in [5.41, 5.74) is -0.733. The Balaban J connectivity index is 2.10. The molecule has 2 aromatic carbocycles. The van der Waals surface area contributed by atoms with Gasteiger partial charge in [-0.25, -0.2) is 13.1 Å². The van der Waals surface area contributed by atoms with E-state index >= 15 is 0 Å². The standard InChI is InChI=1S/C21H25F3N2O4S/c1-20(2,3)26-31(28,29)18-13-15(7-10-17(18)30-4)19(27)25-12-11-14-5-8-16(9-6-14)21(22,23)24/h5-10,13,26H,11-12H2,1-4H3,(H,25,27). The molecule has 0 atom stereocenters. The van der Waals surface area contributed by atoms with Gasteiger partial charge in [0.25, 0.3) is 5.91 Å². The predicted molar refractivity (Wildman–Crippen MR) is 111 cm³/mol. The molecule has 0 radical (unpaired) electrons. The van der Waals surface area contributed by atoms with Crippen LogP contribution in [0.2, 0.25) is 0 Å². The van der Waals surface area contributed by atoms with Crippen molar-refractivity contribution in [2.45, 2.75) is 43.8 Å². The third kappa shape index (κ3) is 6.96. The van der Waals surface area contributed by atoms with Crippen LogP contribution < -0.4 is 14.8 Å². The average molecular weight is 459 g/mol. The van der Waals surface area contributed by atoms with Gasteiger partial charge in [-0.05, 0) is 63.1 Å². The molecule has 0 unspecified atom stereocenters. The van der Waals surface area contributed by atoms with Crippen LogP contribution in [-0.4, -0.2) is 33.5 Å². The van der Waals surface area contributed by atoms with Crippen molar-refractivity contribution in [2.24, 2.45) is 0 Å². The largest absolute Gasteiger partial charge is 0.495 e. The van der Waals surface area contributed by atoms with Gasteiger partial charge in [0, 0.05) is 17.6 Å². The Morgan fingerprint density at radius 3 is 2.16 bits per heavy atom. The van der Waals surface area contributed by atoms with Crippen LogP contribution >= 0.6 is 0 Å². The zero-order valence-corrected chi connectivity index (χ0v) is 18.4. The van der Waals surface area contributed by atoms with Crippen LogP contribution in [0, 0.1) is 0 Å². The first-order chi connectivity index (χ1) is 14.2. The molecule has 0 spiro atoms. The Kier molecular flexibility index (Phi) is 7.38. The normalized spacial score (nSPS) is 12.5. The molecule has 1 amide bonds. The zero-order chi connectivity index (χ0) is 23.4. The average Bonchev–Trinajstić information content (AvgIpc) is 2.65. The maximum absolute atomic E-state index is 12.7. The van der Waals surface area contributed by atoms with Crippen LogP contribution in [0.25, 0.3) is 0 Å². The van der Waals surface area contributed by atoms with Gasteiger partial charge in [0.05, 0.1) is 12.7 Å². The molecule has 0 heterocycles. The van der Waals surface area contributed by atoms with Crippen molar-refractivity contribution in [1.82, 2.24) is 10.0 Å². The summed E-state index contributed by atoms with van der Waals surface area (Å²) in [6.45, 7) is 5.23. The van der Waals surface area contributed by atoms with Crippen LogP contribution in [0.5, 0.6) is 5.75 Å². The molecule has 170 valence electrons. The highest BCUT2D eigenvalue weighted by Crippen LogP contribution is 2.29. The molecule has 10 heteroatoms. The number of methoxy groups -OCH3 is 1. The lowest BCUT2D eigenvalue weighted by molar-refractivity contribution is -0.137. The fraction of sp³-hybridized carbons (Fsp3) is 0.381. The molecule has 0 aliphatic heterocycles. The lowest BCUT2D eigenvalue weighted by atomic mass is 10.1. The van der Waals surface area contributed by atoms with Gasteiger partial charge in [-0.15, -0.1) is 0 Å². The van der Waals surface area contributed by atoms with E-state index in [-0.39, 0.29) is 22.8 Å². The number of sulfonamides is 1. The minimum absolute atomic E-state index is 0.0954. The summed E-state index contributed by atoms with van der Waals surface area (Å²) >= 11 is 0. The summed E-state index contributed by atoms with van der Waals surface area (Å²) in [6, 6.07) is 8.72. The SMILES string of the molecule is COc1ccc(C(=O)NCCc2ccc(C(F)(F)F)cc2)cc1S(=O)(=O)NC(C)(C)C. The Morgan fingerprint density at radius 2 is 1.65 bits per heavy atom. The molecule has 0 saturated carbocycles. The van der Waals surface area contributed by atoms with Crippen LogP contribution in [-0.2, 0) is 22.6 Å². The first-order valence-corrected chi connectivity index (χ1v) is 10.9. The summed E-state index contributed by atoms with van der Waals surface area (Å²) in [5.74, 6) is -0.417. The Hall–Kier alpha value is -2.59. The third-order valence-electron chi connectivity index (χ3n) is 4.14. The van der Waals surface area contributed by atoms with E-state index in [9.17, 15) is 26.4 Å². The number of carbonyl (C=O) groups excluding carboxylic acids is 1. The quantitative estimate of drug-likeness (QED) is 0.662. The van der Waals surface area contributed by atoms with Crippen LogP contribution in [0.15, 0.2) is 47.4 Å². The molecule has 0 saturated heterocycles. The molecule has 0 aliphatic rings. The van der Waals surface area contributed by atoms with Gasteiger partial charge in [-0.1, -0.05) is 12.1 Å². The van der Waals surface area contributed by atoms with Gasteiger partial charge in [0.1, 0.15) is 10.6 Å². The van der Waals surface area contributed by atoms with Crippen LogP contribution in [0.3, 0.4) is 0 Å². The van der Waals surface area contributed by atoms with Crippen molar-refractivity contribution >= 4 is 15.9 Å². The van der Waals surface area contributed by atoms with E-state index < -0.39 is 33.2 Å². The van der Waals surface area contributed by atoms with Gasteiger partial charge in [0.2, 0.25) is 10.0 Å². The number of benzene rings is 2. The molecule has 6 nitrogen and oxygen atoms in total. The highest BCUT2D eigenvalue weighted by atomic mass is 32.2. The van der Waals surface area contributed by atoms with Crippen molar-refractivity contribution in [1.29, 1.82) is 0 Å². The molecule has 2 aromatic rings. The number of ether oxygens (including phenoxy) is 1. The van der Waals surface area contributed by atoms with E-state index in [1.165, 1.54) is 37.4 Å². The van der Waals surface area contributed by atoms with Gasteiger partial charge in [-0.3, -0.25) is 4.79 Å². The highest BCUT2D eigenvalue weighted by Gasteiger charge is 2.30. The minimum Gasteiger partial charge on any atom is -0.495 e. The Labute approximate surface area is 179 Å². The van der Waals surface area contributed by atoms with Gasteiger partial charge >= 0.3 is 6.18 Å². The maximum atomic E-state index is 12.7. The second kappa shape index (κ2) is 9.27. The summed E-state index contributed by atoms with van der Waals surface area (Å²) in [4.78, 5) is 12.3. The molecule has 31 heavy (non-hydrogen) atoms. The molecular weight excluding hydrogens is 433 g/mol. The maximum Gasteiger partial charge on any atom is 0.416 e. The second-order valence-electron chi connectivity index (χ2n) is 7.92. The van der Waals surface area contributed by atoms with E-state index in [2.05, 4.69) is 10.0 Å². The van der Waals surface area contributed by atoms with E-state index in [0.29, 0.717) is 12.0 Å². The second-order valence-corrected chi connectivity index (χ2v) is 9.57. The van der Waals surface area contributed by atoms with E-state index in [4.69, 9.17) is 4.74 Å². The van der Waals surface area contributed by atoms with Crippen molar-refractivity contribution < 1.29 is 31.1 Å². The highest BCUT2D eigenvalue weighted by molar-refractivity contribution is 7.89. The van der Waals surface area contributed by atoms with Crippen molar-refractivity contribution in [3.05, 3.63) is 59.2 Å². The van der Waals surface area contributed by atoms with Crippen LogP contribution in [0.1, 0.15) is 42.3 Å². The van der Waals surface area contributed by atoms with Crippen molar-refractivity contribution in [2.75, 3.05) is 13.7 Å². The molecular formula is C21H25F3N2O4S. The molecule has 2 rings (SSSR count). The molecule has 0 bridgehead atoms. The van der Waals surface area contributed by atoms with E-state index in [0.717, 1.165) is 12.1 Å².